The standard InChI is InChI=1S/C6H15O4P.2Li/c1-2-3-4-5-6-10-11(7,8)9;;/h2-6H2,1H3,(H2,7,8,9);;/q;2*+1/p-2. The Hall–Kier alpha value is 1.30. The molecule has 0 fully saturated rings. The largest absolute Gasteiger partial charge is 1.00 e. The van der Waals surface area contributed by atoms with Gasteiger partial charge >= 0.3 is 37.7 Å². The molecule has 0 aromatic rings. The molecule has 0 aromatic heterocycles. The zero-order valence-corrected chi connectivity index (χ0v) is 9.51. The van der Waals surface area contributed by atoms with Gasteiger partial charge in [0, 0.05) is 0 Å². The predicted molar refractivity (Wildman–Crippen MR) is 37.7 cm³/mol. The van der Waals surface area contributed by atoms with Gasteiger partial charge in [-0.2, -0.15) is 0 Å². The van der Waals surface area contributed by atoms with E-state index in [0.717, 1.165) is 19.3 Å². The van der Waals surface area contributed by atoms with E-state index < -0.39 is 7.82 Å². The number of phosphoric ester groups is 1. The summed E-state index contributed by atoms with van der Waals surface area (Å²) in [6.07, 6.45) is 3.68. The average Bonchev–Trinajstić information content (AvgIpc) is 1.85. The van der Waals surface area contributed by atoms with Crippen molar-refractivity contribution >= 4 is 7.82 Å². The zero-order valence-electron chi connectivity index (χ0n) is 8.62. The van der Waals surface area contributed by atoms with Gasteiger partial charge in [-0.15, -0.1) is 0 Å². The van der Waals surface area contributed by atoms with Crippen molar-refractivity contribution in [3.63, 3.8) is 0 Å². The second kappa shape index (κ2) is 11.4. The smallest absolute Gasteiger partial charge is 0.790 e. The van der Waals surface area contributed by atoms with E-state index in [-0.39, 0.29) is 44.3 Å². The minimum atomic E-state index is -4.71. The maximum atomic E-state index is 9.91. The number of hydrogen-bond acceptors (Lipinski definition) is 4. The Morgan fingerprint density at radius 1 is 1.15 bits per heavy atom. The van der Waals surface area contributed by atoms with Crippen LogP contribution in [0.25, 0.3) is 0 Å². The first-order chi connectivity index (χ1) is 5.06. The maximum Gasteiger partial charge on any atom is 1.00 e. The second-order valence-corrected chi connectivity index (χ2v) is 3.49. The van der Waals surface area contributed by atoms with Crippen LogP contribution in [0.4, 0.5) is 0 Å². The Labute approximate surface area is 103 Å². The molecule has 13 heavy (non-hydrogen) atoms. The molecule has 0 heterocycles. The summed E-state index contributed by atoms with van der Waals surface area (Å²) in [6, 6.07) is 0. The van der Waals surface area contributed by atoms with Gasteiger partial charge in [0.2, 0.25) is 0 Å². The van der Waals surface area contributed by atoms with E-state index in [1.165, 1.54) is 0 Å². The summed E-state index contributed by atoms with van der Waals surface area (Å²) in [5.74, 6) is 0. The van der Waals surface area contributed by atoms with Crippen molar-refractivity contribution in [2.75, 3.05) is 6.61 Å². The molecule has 7 heteroatoms. The van der Waals surface area contributed by atoms with Crippen molar-refractivity contribution in [1.82, 2.24) is 0 Å². The number of unbranched alkanes of at least 4 members (excludes halogenated alkanes) is 3. The van der Waals surface area contributed by atoms with E-state index in [0.29, 0.717) is 6.42 Å². The minimum absolute atomic E-state index is 0. The first kappa shape index (κ1) is 19.8. The molecule has 0 rings (SSSR count). The third-order valence-corrected chi connectivity index (χ3v) is 1.75. The molecular formula is C6H13Li2O4P. The van der Waals surface area contributed by atoms with Gasteiger partial charge in [-0.05, 0) is 6.42 Å². The first-order valence-corrected chi connectivity index (χ1v) is 5.19. The van der Waals surface area contributed by atoms with Gasteiger partial charge in [-0.25, -0.2) is 0 Å². The molecule has 0 unspecified atom stereocenters. The molecule has 0 amide bonds. The van der Waals surface area contributed by atoms with E-state index in [4.69, 9.17) is 0 Å². The van der Waals surface area contributed by atoms with Crippen LogP contribution in [0.1, 0.15) is 32.6 Å². The van der Waals surface area contributed by atoms with Crippen LogP contribution >= 0.6 is 7.82 Å². The van der Waals surface area contributed by atoms with Crippen molar-refractivity contribution in [1.29, 1.82) is 0 Å². The second-order valence-electron chi connectivity index (χ2n) is 2.34. The van der Waals surface area contributed by atoms with Crippen molar-refractivity contribution < 1.29 is 56.6 Å². The average molecular weight is 194 g/mol. The van der Waals surface area contributed by atoms with E-state index >= 15 is 0 Å². The quantitative estimate of drug-likeness (QED) is 0.240. The molecule has 0 saturated carbocycles. The van der Waals surface area contributed by atoms with E-state index in [9.17, 15) is 14.4 Å². The summed E-state index contributed by atoms with van der Waals surface area (Å²) in [5, 5.41) is 0. The van der Waals surface area contributed by atoms with Crippen LogP contribution in [0.3, 0.4) is 0 Å². The Morgan fingerprint density at radius 3 is 2.08 bits per heavy atom. The van der Waals surface area contributed by atoms with Crippen LogP contribution in [0.15, 0.2) is 0 Å². The zero-order chi connectivity index (χ0) is 8.74. The first-order valence-electron chi connectivity index (χ1n) is 3.73. The normalized spacial score (nSPS) is 10.1. The molecule has 4 nitrogen and oxygen atoms in total. The van der Waals surface area contributed by atoms with Gasteiger partial charge < -0.3 is 18.9 Å². The molecule has 0 atom stereocenters. The number of rotatable bonds is 6. The Balaban J connectivity index is -0.000000500. The molecule has 0 aliphatic heterocycles. The van der Waals surface area contributed by atoms with Gasteiger partial charge in [0.05, 0.1) is 14.4 Å². The Kier molecular flexibility index (Phi) is 17.3. The SMILES string of the molecule is CCCCCCOP(=O)([O-])[O-].[Li+].[Li+]. The Bertz CT molecular complexity index is 139. The van der Waals surface area contributed by atoms with Gasteiger partial charge in [-0.3, -0.25) is 0 Å². The van der Waals surface area contributed by atoms with Crippen molar-refractivity contribution in [3.8, 4) is 0 Å². The topological polar surface area (TPSA) is 72.4 Å². The van der Waals surface area contributed by atoms with E-state index in [1.54, 1.807) is 0 Å². The molecule has 0 aliphatic carbocycles. The number of hydrogen-bond donors (Lipinski definition) is 0. The van der Waals surface area contributed by atoms with Gasteiger partial charge in [0.25, 0.3) is 0 Å². The molecule has 0 N–H and O–H groups in total. The summed E-state index contributed by atoms with van der Waals surface area (Å²) in [4.78, 5) is 19.8. The summed E-state index contributed by atoms with van der Waals surface area (Å²) < 4.78 is 13.9. The summed E-state index contributed by atoms with van der Waals surface area (Å²) in [6.45, 7) is 2.08. The minimum Gasteiger partial charge on any atom is -0.790 e. The molecule has 0 aliphatic rings. The molecular weight excluding hydrogens is 181 g/mol. The predicted octanol–water partition coefficient (Wildman–Crippen LogP) is -5.58. The molecule has 0 aromatic carbocycles. The van der Waals surface area contributed by atoms with Gasteiger partial charge in [0.15, 0.2) is 0 Å². The van der Waals surface area contributed by atoms with E-state index in [2.05, 4.69) is 4.52 Å². The van der Waals surface area contributed by atoms with Crippen molar-refractivity contribution in [2.24, 2.45) is 0 Å². The fourth-order valence-corrected chi connectivity index (χ4v) is 1.06. The van der Waals surface area contributed by atoms with E-state index in [1.807, 2.05) is 6.92 Å². The van der Waals surface area contributed by atoms with Crippen LogP contribution in [0.5, 0.6) is 0 Å². The molecule has 0 spiro atoms. The van der Waals surface area contributed by atoms with Gasteiger partial charge in [0.1, 0.15) is 0 Å². The summed E-state index contributed by atoms with van der Waals surface area (Å²) >= 11 is 0. The third-order valence-electron chi connectivity index (χ3n) is 1.25. The van der Waals surface area contributed by atoms with Crippen LogP contribution in [0.2, 0.25) is 0 Å². The fraction of sp³-hybridized carbons (Fsp3) is 1.00. The number of phosphoric acid groups is 1. The maximum absolute atomic E-state index is 9.91. The molecule has 0 bridgehead atoms. The van der Waals surface area contributed by atoms with Crippen LogP contribution < -0.4 is 47.5 Å². The fourth-order valence-electron chi connectivity index (χ4n) is 0.705. The Morgan fingerprint density at radius 2 is 1.69 bits per heavy atom. The molecule has 0 saturated heterocycles. The van der Waals surface area contributed by atoms with Gasteiger partial charge in [-0.1, -0.05) is 26.2 Å². The molecule has 0 radical (unpaired) electrons. The van der Waals surface area contributed by atoms with Crippen molar-refractivity contribution in [3.05, 3.63) is 0 Å². The summed E-state index contributed by atoms with van der Waals surface area (Å²) in [5.41, 5.74) is 0. The van der Waals surface area contributed by atoms with Crippen LogP contribution in [0, 0.1) is 0 Å². The van der Waals surface area contributed by atoms with Crippen LogP contribution in [-0.2, 0) is 9.09 Å². The monoisotopic (exact) mass is 194 g/mol. The third kappa shape index (κ3) is 19.6. The van der Waals surface area contributed by atoms with Crippen LogP contribution in [-0.4, -0.2) is 6.61 Å². The molecule has 68 valence electrons. The summed E-state index contributed by atoms with van der Waals surface area (Å²) in [7, 11) is -4.71. The van der Waals surface area contributed by atoms with Crippen molar-refractivity contribution in [2.45, 2.75) is 32.6 Å².